The quantitative estimate of drug-likeness (QED) is 0.882. The molecule has 0 spiro atoms. The average molecular weight is 256 g/mol. The van der Waals surface area contributed by atoms with Gasteiger partial charge in [0.1, 0.15) is 5.75 Å². The Labute approximate surface area is 112 Å². The second kappa shape index (κ2) is 6.00. The Morgan fingerprint density at radius 3 is 2.53 bits per heavy atom. The van der Waals surface area contributed by atoms with Gasteiger partial charge in [-0.1, -0.05) is 31.2 Å². The molecule has 0 unspecified atom stereocenters. The fourth-order valence-corrected chi connectivity index (χ4v) is 1.75. The van der Waals surface area contributed by atoms with Crippen molar-refractivity contribution in [3.63, 3.8) is 0 Å². The van der Waals surface area contributed by atoms with Crippen LogP contribution in [-0.4, -0.2) is 16.0 Å². The van der Waals surface area contributed by atoms with Gasteiger partial charge in [0.25, 0.3) is 5.91 Å². The lowest BCUT2D eigenvalue weighted by molar-refractivity contribution is 0.0948. The molecule has 2 N–H and O–H groups in total. The third kappa shape index (κ3) is 3.31. The molecule has 0 radical (unpaired) electrons. The van der Waals surface area contributed by atoms with Crippen molar-refractivity contribution in [3.05, 3.63) is 59.4 Å². The molecule has 98 valence electrons. The molecule has 0 aliphatic rings. The first-order chi connectivity index (χ1) is 9.20. The number of carbonyl (C=O) groups is 1. The van der Waals surface area contributed by atoms with Crippen molar-refractivity contribution in [1.82, 2.24) is 10.3 Å². The minimum Gasteiger partial charge on any atom is -0.505 e. The molecule has 1 aromatic carbocycles. The molecule has 4 heteroatoms. The minimum atomic E-state index is -0.306. The SMILES string of the molecule is CCc1ccc(CNC(=O)c2ccncc2O)cc1. The van der Waals surface area contributed by atoms with Crippen LogP contribution in [0.25, 0.3) is 0 Å². The lowest BCUT2D eigenvalue weighted by Crippen LogP contribution is -2.22. The second-order valence-electron chi connectivity index (χ2n) is 4.25. The first kappa shape index (κ1) is 13.1. The predicted octanol–water partition coefficient (Wildman–Crippen LogP) is 2.28. The predicted molar refractivity (Wildman–Crippen MR) is 72.9 cm³/mol. The summed E-state index contributed by atoms with van der Waals surface area (Å²) in [6.07, 6.45) is 3.73. The van der Waals surface area contributed by atoms with Gasteiger partial charge in [-0.15, -0.1) is 0 Å². The van der Waals surface area contributed by atoms with E-state index in [2.05, 4.69) is 17.2 Å². The lowest BCUT2D eigenvalue weighted by Gasteiger charge is -2.07. The second-order valence-corrected chi connectivity index (χ2v) is 4.25. The number of hydrogen-bond donors (Lipinski definition) is 2. The normalized spacial score (nSPS) is 10.2. The highest BCUT2D eigenvalue weighted by atomic mass is 16.3. The molecule has 2 rings (SSSR count). The molecular formula is C15H16N2O2. The van der Waals surface area contributed by atoms with E-state index in [1.165, 1.54) is 24.0 Å². The summed E-state index contributed by atoms with van der Waals surface area (Å²) in [6.45, 7) is 2.54. The topological polar surface area (TPSA) is 62.2 Å². The van der Waals surface area contributed by atoms with E-state index < -0.39 is 0 Å². The van der Waals surface area contributed by atoms with Crippen molar-refractivity contribution in [2.75, 3.05) is 0 Å². The van der Waals surface area contributed by atoms with Gasteiger partial charge in [-0.3, -0.25) is 9.78 Å². The summed E-state index contributed by atoms with van der Waals surface area (Å²) >= 11 is 0. The maximum atomic E-state index is 11.9. The molecule has 0 fully saturated rings. The van der Waals surface area contributed by atoms with Gasteiger partial charge in [-0.25, -0.2) is 0 Å². The van der Waals surface area contributed by atoms with Crippen molar-refractivity contribution < 1.29 is 9.90 Å². The Bertz CT molecular complexity index is 565. The number of rotatable bonds is 4. The van der Waals surface area contributed by atoms with Crippen LogP contribution in [0.15, 0.2) is 42.7 Å². The highest BCUT2D eigenvalue weighted by Gasteiger charge is 2.09. The van der Waals surface area contributed by atoms with Gasteiger partial charge in [0, 0.05) is 12.7 Å². The number of aromatic hydroxyl groups is 1. The van der Waals surface area contributed by atoms with E-state index in [0.29, 0.717) is 6.54 Å². The van der Waals surface area contributed by atoms with Gasteiger partial charge in [0.15, 0.2) is 0 Å². The number of hydrogen-bond acceptors (Lipinski definition) is 3. The number of pyridine rings is 1. The van der Waals surface area contributed by atoms with Crippen LogP contribution in [0.2, 0.25) is 0 Å². The van der Waals surface area contributed by atoms with E-state index in [1.807, 2.05) is 24.3 Å². The maximum Gasteiger partial charge on any atom is 0.255 e. The summed E-state index contributed by atoms with van der Waals surface area (Å²) in [5.41, 5.74) is 2.53. The van der Waals surface area contributed by atoms with Gasteiger partial charge in [-0.05, 0) is 23.6 Å². The number of benzene rings is 1. The van der Waals surface area contributed by atoms with Crippen LogP contribution >= 0.6 is 0 Å². The van der Waals surface area contributed by atoms with Gasteiger partial charge in [0.2, 0.25) is 0 Å². The van der Waals surface area contributed by atoms with Gasteiger partial charge in [0.05, 0.1) is 11.8 Å². The molecule has 2 aromatic rings. The van der Waals surface area contributed by atoms with E-state index in [1.54, 1.807) is 0 Å². The van der Waals surface area contributed by atoms with Crippen LogP contribution < -0.4 is 5.32 Å². The Kier molecular flexibility index (Phi) is 4.13. The zero-order valence-corrected chi connectivity index (χ0v) is 10.8. The van der Waals surface area contributed by atoms with E-state index in [9.17, 15) is 9.90 Å². The molecule has 4 nitrogen and oxygen atoms in total. The smallest absolute Gasteiger partial charge is 0.255 e. The van der Waals surface area contributed by atoms with Crippen LogP contribution in [0.4, 0.5) is 0 Å². The minimum absolute atomic E-state index is 0.110. The third-order valence-corrected chi connectivity index (χ3v) is 2.93. The van der Waals surface area contributed by atoms with Crippen molar-refractivity contribution in [1.29, 1.82) is 0 Å². The molecule has 0 atom stereocenters. The van der Waals surface area contributed by atoms with Crippen LogP contribution in [0, 0.1) is 0 Å². The molecule has 0 aliphatic carbocycles. The molecule has 1 heterocycles. The van der Waals surface area contributed by atoms with Crippen LogP contribution in [0.1, 0.15) is 28.4 Å². The first-order valence-corrected chi connectivity index (χ1v) is 6.19. The van der Waals surface area contributed by atoms with Crippen LogP contribution in [0.5, 0.6) is 5.75 Å². The monoisotopic (exact) mass is 256 g/mol. The number of nitrogens with zero attached hydrogens (tertiary/aromatic N) is 1. The highest BCUT2D eigenvalue weighted by molar-refractivity contribution is 5.96. The molecule has 0 saturated carbocycles. The van der Waals surface area contributed by atoms with Gasteiger partial charge in [-0.2, -0.15) is 0 Å². The number of aryl methyl sites for hydroxylation is 1. The standard InChI is InChI=1S/C15H16N2O2/c1-2-11-3-5-12(6-4-11)9-17-15(19)13-7-8-16-10-14(13)18/h3-8,10,18H,2,9H2,1H3,(H,17,19). The summed E-state index contributed by atoms with van der Waals surface area (Å²) in [4.78, 5) is 15.6. The molecule has 1 aromatic heterocycles. The Balaban J connectivity index is 1.98. The summed E-state index contributed by atoms with van der Waals surface area (Å²) < 4.78 is 0. The number of aromatic nitrogens is 1. The van der Waals surface area contributed by atoms with Crippen molar-refractivity contribution in [2.45, 2.75) is 19.9 Å². The van der Waals surface area contributed by atoms with Crippen molar-refractivity contribution in [2.24, 2.45) is 0 Å². The number of nitrogens with one attached hydrogen (secondary N) is 1. The largest absolute Gasteiger partial charge is 0.505 e. The van der Waals surface area contributed by atoms with E-state index >= 15 is 0 Å². The number of carbonyl (C=O) groups excluding carboxylic acids is 1. The van der Waals surface area contributed by atoms with Gasteiger partial charge < -0.3 is 10.4 Å². The van der Waals surface area contributed by atoms with E-state index in [4.69, 9.17) is 0 Å². The zero-order valence-electron chi connectivity index (χ0n) is 10.8. The molecule has 1 amide bonds. The molecule has 19 heavy (non-hydrogen) atoms. The third-order valence-electron chi connectivity index (χ3n) is 2.93. The fourth-order valence-electron chi connectivity index (χ4n) is 1.75. The molecule has 0 aliphatic heterocycles. The molecule has 0 bridgehead atoms. The fraction of sp³-hybridized carbons (Fsp3) is 0.200. The Morgan fingerprint density at radius 1 is 1.21 bits per heavy atom. The zero-order chi connectivity index (χ0) is 13.7. The summed E-state index contributed by atoms with van der Waals surface area (Å²) in [7, 11) is 0. The van der Waals surface area contributed by atoms with E-state index in [0.717, 1.165) is 12.0 Å². The first-order valence-electron chi connectivity index (χ1n) is 6.19. The van der Waals surface area contributed by atoms with Crippen molar-refractivity contribution >= 4 is 5.91 Å². The molecule has 0 saturated heterocycles. The molecular weight excluding hydrogens is 240 g/mol. The summed E-state index contributed by atoms with van der Waals surface area (Å²) in [6, 6.07) is 9.57. The Hall–Kier alpha value is -2.36. The maximum absolute atomic E-state index is 11.9. The average Bonchev–Trinajstić information content (AvgIpc) is 2.46. The highest BCUT2D eigenvalue weighted by Crippen LogP contribution is 2.13. The van der Waals surface area contributed by atoms with Crippen LogP contribution in [0.3, 0.4) is 0 Å². The Morgan fingerprint density at radius 2 is 1.89 bits per heavy atom. The number of amides is 1. The lowest BCUT2D eigenvalue weighted by atomic mass is 10.1. The van der Waals surface area contributed by atoms with Gasteiger partial charge >= 0.3 is 0 Å². The summed E-state index contributed by atoms with van der Waals surface area (Å²) in [5.74, 6) is -0.416. The summed E-state index contributed by atoms with van der Waals surface area (Å²) in [5, 5.41) is 12.3. The van der Waals surface area contributed by atoms with Crippen molar-refractivity contribution in [3.8, 4) is 5.75 Å². The van der Waals surface area contributed by atoms with E-state index in [-0.39, 0.29) is 17.2 Å². The van der Waals surface area contributed by atoms with Crippen LogP contribution in [-0.2, 0) is 13.0 Å².